The predicted octanol–water partition coefficient (Wildman–Crippen LogP) is 5.48. The Balaban J connectivity index is 1.50. The number of nitrogens with zero attached hydrogens (tertiary/aromatic N) is 1. The van der Waals surface area contributed by atoms with Crippen molar-refractivity contribution in [2.45, 2.75) is 31.7 Å². The van der Waals surface area contributed by atoms with Crippen LogP contribution in [0.5, 0.6) is 0 Å². The average molecular weight is 477 g/mol. The Hall–Kier alpha value is -2.92. The van der Waals surface area contributed by atoms with Crippen LogP contribution in [0.4, 0.5) is 5.69 Å². The Bertz CT molecular complexity index is 1100. The lowest BCUT2D eigenvalue weighted by Gasteiger charge is -2.49. The number of amides is 2. The summed E-state index contributed by atoms with van der Waals surface area (Å²) in [6.07, 6.45) is 2.28. The standard InChI is InChI=1S/C26H25BrN2O2/c1-26(25(31)28-23-14-8-7-13-22(23)27)17-18-29(26)24(30)21-12-6-5-11-20(21)16-15-19-9-3-2-4-10-19/h2-14H,15-18H2,1H3,(H,28,31). The monoisotopic (exact) mass is 476 g/mol. The van der Waals surface area contributed by atoms with Crippen molar-refractivity contribution in [2.75, 3.05) is 11.9 Å². The number of rotatable bonds is 6. The molecule has 1 aliphatic heterocycles. The predicted molar refractivity (Wildman–Crippen MR) is 127 cm³/mol. The van der Waals surface area contributed by atoms with Crippen LogP contribution < -0.4 is 5.32 Å². The topological polar surface area (TPSA) is 49.4 Å². The van der Waals surface area contributed by atoms with E-state index in [0.717, 1.165) is 22.9 Å². The summed E-state index contributed by atoms with van der Waals surface area (Å²) in [6, 6.07) is 25.5. The molecule has 0 radical (unpaired) electrons. The number of likely N-dealkylation sites (tertiary alicyclic amines) is 1. The zero-order chi connectivity index (χ0) is 21.8. The van der Waals surface area contributed by atoms with Crippen LogP contribution in [0.3, 0.4) is 0 Å². The van der Waals surface area contributed by atoms with E-state index in [1.165, 1.54) is 5.56 Å². The van der Waals surface area contributed by atoms with Gasteiger partial charge in [0.15, 0.2) is 0 Å². The molecule has 1 aliphatic rings. The van der Waals surface area contributed by atoms with Crippen molar-refractivity contribution in [3.63, 3.8) is 0 Å². The van der Waals surface area contributed by atoms with E-state index in [-0.39, 0.29) is 11.8 Å². The first-order valence-electron chi connectivity index (χ1n) is 10.5. The second kappa shape index (κ2) is 9.06. The minimum atomic E-state index is -0.862. The summed E-state index contributed by atoms with van der Waals surface area (Å²) >= 11 is 3.46. The fourth-order valence-corrected chi connectivity index (χ4v) is 4.34. The van der Waals surface area contributed by atoms with E-state index in [0.29, 0.717) is 24.2 Å². The molecule has 1 unspecified atom stereocenters. The number of halogens is 1. The summed E-state index contributed by atoms with van der Waals surface area (Å²) < 4.78 is 0.815. The molecular formula is C26H25BrN2O2. The number of aryl methyl sites for hydroxylation is 2. The summed E-state index contributed by atoms with van der Waals surface area (Å²) in [5.74, 6) is -0.250. The summed E-state index contributed by atoms with van der Waals surface area (Å²) in [7, 11) is 0. The van der Waals surface area contributed by atoms with Gasteiger partial charge in [-0.15, -0.1) is 0 Å². The van der Waals surface area contributed by atoms with Crippen LogP contribution in [0.2, 0.25) is 0 Å². The molecule has 1 N–H and O–H groups in total. The molecule has 2 amide bonds. The van der Waals surface area contributed by atoms with E-state index in [1.54, 1.807) is 4.90 Å². The van der Waals surface area contributed by atoms with Crippen molar-refractivity contribution < 1.29 is 9.59 Å². The highest BCUT2D eigenvalue weighted by Gasteiger charge is 2.49. The number of hydrogen-bond donors (Lipinski definition) is 1. The van der Waals surface area contributed by atoms with Crippen LogP contribution in [-0.2, 0) is 17.6 Å². The highest BCUT2D eigenvalue weighted by Crippen LogP contribution is 2.34. The van der Waals surface area contributed by atoms with Crippen molar-refractivity contribution >= 4 is 33.4 Å². The van der Waals surface area contributed by atoms with Gasteiger partial charge in [-0.3, -0.25) is 9.59 Å². The Morgan fingerprint density at radius 3 is 2.32 bits per heavy atom. The second-order valence-corrected chi connectivity index (χ2v) is 8.91. The SMILES string of the molecule is CC1(C(=O)Nc2ccccc2Br)CCN1C(=O)c1ccccc1CCc1ccccc1. The molecule has 0 aromatic heterocycles. The normalized spacial score (nSPS) is 17.7. The quantitative estimate of drug-likeness (QED) is 0.512. The number of carbonyl (C=O) groups is 2. The molecule has 1 heterocycles. The molecular weight excluding hydrogens is 452 g/mol. The molecule has 4 rings (SSSR count). The lowest BCUT2D eigenvalue weighted by Crippen LogP contribution is -2.66. The van der Waals surface area contributed by atoms with Gasteiger partial charge in [0.1, 0.15) is 5.54 Å². The van der Waals surface area contributed by atoms with Crippen LogP contribution in [0.25, 0.3) is 0 Å². The molecule has 3 aromatic carbocycles. The van der Waals surface area contributed by atoms with Crippen molar-refractivity contribution in [1.82, 2.24) is 4.90 Å². The molecule has 158 valence electrons. The van der Waals surface area contributed by atoms with Gasteiger partial charge in [0, 0.05) is 16.6 Å². The maximum Gasteiger partial charge on any atom is 0.255 e. The third kappa shape index (κ3) is 4.42. The van der Waals surface area contributed by atoms with Crippen LogP contribution in [0.1, 0.15) is 34.8 Å². The van der Waals surface area contributed by atoms with Gasteiger partial charge >= 0.3 is 0 Å². The third-order valence-corrected chi connectivity index (χ3v) is 6.74. The molecule has 1 saturated heterocycles. The molecule has 5 heteroatoms. The highest BCUT2D eigenvalue weighted by atomic mass is 79.9. The number of nitrogens with one attached hydrogen (secondary N) is 1. The maximum atomic E-state index is 13.4. The van der Waals surface area contributed by atoms with E-state index in [4.69, 9.17) is 0 Å². The van der Waals surface area contributed by atoms with Crippen LogP contribution in [0, 0.1) is 0 Å². The minimum Gasteiger partial charge on any atom is -0.324 e. The van der Waals surface area contributed by atoms with Gasteiger partial charge in [-0.2, -0.15) is 0 Å². The largest absolute Gasteiger partial charge is 0.324 e. The fourth-order valence-electron chi connectivity index (χ4n) is 3.96. The highest BCUT2D eigenvalue weighted by molar-refractivity contribution is 9.10. The molecule has 1 atom stereocenters. The zero-order valence-corrected chi connectivity index (χ0v) is 19.1. The number of hydrogen-bond acceptors (Lipinski definition) is 2. The third-order valence-electron chi connectivity index (χ3n) is 6.05. The Morgan fingerprint density at radius 1 is 0.935 bits per heavy atom. The van der Waals surface area contributed by atoms with Crippen molar-refractivity contribution in [1.29, 1.82) is 0 Å². The number of carbonyl (C=O) groups excluding carboxylic acids is 2. The lowest BCUT2D eigenvalue weighted by atomic mass is 9.84. The van der Waals surface area contributed by atoms with Gasteiger partial charge in [0.2, 0.25) is 5.91 Å². The summed E-state index contributed by atoms with van der Waals surface area (Å²) in [6.45, 7) is 2.42. The molecule has 0 bridgehead atoms. The van der Waals surface area contributed by atoms with Gasteiger partial charge in [-0.25, -0.2) is 0 Å². The summed E-state index contributed by atoms with van der Waals surface area (Å²) in [5.41, 5.74) is 2.77. The van der Waals surface area contributed by atoms with E-state index in [9.17, 15) is 9.59 Å². The first kappa shape index (κ1) is 21.3. The van der Waals surface area contributed by atoms with Crippen molar-refractivity contribution in [3.8, 4) is 0 Å². The maximum absolute atomic E-state index is 13.4. The zero-order valence-electron chi connectivity index (χ0n) is 17.5. The van der Waals surface area contributed by atoms with Gasteiger partial charge in [-0.05, 0) is 71.4 Å². The van der Waals surface area contributed by atoms with E-state index in [2.05, 4.69) is 33.4 Å². The average Bonchev–Trinajstić information content (AvgIpc) is 2.78. The van der Waals surface area contributed by atoms with Crippen LogP contribution >= 0.6 is 15.9 Å². The first-order chi connectivity index (χ1) is 15.0. The van der Waals surface area contributed by atoms with Crippen molar-refractivity contribution in [2.24, 2.45) is 0 Å². The summed E-state index contributed by atoms with van der Waals surface area (Å²) in [5, 5.41) is 2.97. The molecule has 0 saturated carbocycles. The van der Waals surface area contributed by atoms with Gasteiger partial charge < -0.3 is 10.2 Å². The number of benzene rings is 3. The Morgan fingerprint density at radius 2 is 1.61 bits per heavy atom. The molecule has 1 fully saturated rings. The molecule has 3 aromatic rings. The Labute approximate surface area is 191 Å². The van der Waals surface area contributed by atoms with E-state index in [1.807, 2.05) is 73.7 Å². The lowest BCUT2D eigenvalue weighted by molar-refractivity contribution is -0.132. The minimum absolute atomic E-state index is 0.0836. The molecule has 0 aliphatic carbocycles. The fraction of sp³-hybridized carbons (Fsp3) is 0.231. The van der Waals surface area contributed by atoms with E-state index >= 15 is 0 Å². The van der Waals surface area contributed by atoms with E-state index < -0.39 is 5.54 Å². The smallest absolute Gasteiger partial charge is 0.255 e. The van der Waals surface area contributed by atoms with Gasteiger partial charge in [0.05, 0.1) is 5.69 Å². The number of para-hydroxylation sites is 1. The Kier molecular flexibility index (Phi) is 6.23. The molecule has 4 nitrogen and oxygen atoms in total. The van der Waals surface area contributed by atoms with Gasteiger partial charge in [-0.1, -0.05) is 60.7 Å². The molecule has 0 spiro atoms. The molecule has 31 heavy (non-hydrogen) atoms. The first-order valence-corrected chi connectivity index (χ1v) is 11.3. The number of anilines is 1. The summed E-state index contributed by atoms with van der Waals surface area (Å²) in [4.78, 5) is 28.2. The van der Waals surface area contributed by atoms with Crippen molar-refractivity contribution in [3.05, 3.63) is 100 Å². The van der Waals surface area contributed by atoms with Crippen LogP contribution in [0.15, 0.2) is 83.3 Å². The second-order valence-electron chi connectivity index (χ2n) is 8.06. The van der Waals surface area contributed by atoms with Crippen LogP contribution in [-0.4, -0.2) is 28.8 Å². The van der Waals surface area contributed by atoms with Gasteiger partial charge in [0.25, 0.3) is 5.91 Å².